The Kier molecular flexibility index (Phi) is 6.70. The van der Waals surface area contributed by atoms with Gasteiger partial charge in [0.15, 0.2) is 6.61 Å². The molecule has 2 rings (SSSR count). The van der Waals surface area contributed by atoms with E-state index < -0.39 is 17.6 Å². The molecule has 0 aliphatic heterocycles. The van der Waals surface area contributed by atoms with Gasteiger partial charge in [-0.15, -0.1) is 0 Å². The Balaban J connectivity index is 2.02. The molecular weight excluding hydrogens is 362 g/mol. The van der Waals surface area contributed by atoms with Crippen molar-refractivity contribution in [3.63, 3.8) is 0 Å². The predicted octanol–water partition coefficient (Wildman–Crippen LogP) is 3.64. The van der Waals surface area contributed by atoms with Crippen molar-refractivity contribution in [3.8, 4) is 11.5 Å². The van der Waals surface area contributed by atoms with Crippen molar-refractivity contribution in [1.29, 1.82) is 0 Å². The molecule has 0 aromatic heterocycles. The molecule has 0 saturated carbocycles. The number of benzene rings is 2. The first-order valence-electron chi connectivity index (χ1n) is 8.62. The van der Waals surface area contributed by atoms with Crippen LogP contribution in [0, 0.1) is 0 Å². The number of nitrogens with one attached hydrogen (secondary N) is 2. The minimum Gasteiger partial charge on any atom is -0.497 e. The third-order valence-electron chi connectivity index (χ3n) is 3.37. The molecule has 2 aromatic rings. The van der Waals surface area contributed by atoms with Crippen molar-refractivity contribution < 1.29 is 23.8 Å². The van der Waals surface area contributed by atoms with E-state index in [1.54, 1.807) is 64.3 Å². The number of nitrogen functional groups attached to an aromatic ring is 1. The largest absolute Gasteiger partial charge is 0.497 e. The zero-order valence-electron chi connectivity index (χ0n) is 16.4. The van der Waals surface area contributed by atoms with Crippen molar-refractivity contribution >= 4 is 29.1 Å². The quantitative estimate of drug-likeness (QED) is 0.515. The number of hydrogen-bond donors (Lipinski definition) is 3. The third-order valence-corrected chi connectivity index (χ3v) is 3.37. The Morgan fingerprint density at radius 1 is 1.04 bits per heavy atom. The molecule has 4 N–H and O–H groups in total. The van der Waals surface area contributed by atoms with Crippen LogP contribution in [-0.2, 0) is 9.53 Å². The van der Waals surface area contributed by atoms with Gasteiger partial charge >= 0.3 is 12.0 Å². The van der Waals surface area contributed by atoms with Gasteiger partial charge < -0.3 is 30.6 Å². The van der Waals surface area contributed by atoms with Gasteiger partial charge in [-0.1, -0.05) is 0 Å². The highest BCUT2D eigenvalue weighted by atomic mass is 16.6. The van der Waals surface area contributed by atoms with E-state index in [1.807, 2.05) is 0 Å². The van der Waals surface area contributed by atoms with Gasteiger partial charge in [-0.05, 0) is 57.2 Å². The lowest BCUT2D eigenvalue weighted by Crippen LogP contribution is -2.27. The summed E-state index contributed by atoms with van der Waals surface area (Å²) in [5.74, 6) is 0.418. The number of nitrogens with two attached hydrogens (primary N) is 1. The molecule has 0 saturated heterocycles. The predicted molar refractivity (Wildman–Crippen MR) is 108 cm³/mol. The number of rotatable bonds is 6. The van der Waals surface area contributed by atoms with Gasteiger partial charge in [0, 0.05) is 17.4 Å². The molecule has 0 aliphatic carbocycles. The summed E-state index contributed by atoms with van der Waals surface area (Å²) in [6.45, 7) is 4.99. The Morgan fingerprint density at radius 2 is 1.71 bits per heavy atom. The number of carbonyl (C=O) groups excluding carboxylic acids is 2. The zero-order valence-corrected chi connectivity index (χ0v) is 16.4. The SMILES string of the molecule is COc1ccc(NC(=O)Nc2ccc(N)cc2OCC(=O)OC(C)(C)C)cc1. The van der Waals surface area contributed by atoms with E-state index >= 15 is 0 Å². The highest BCUT2D eigenvalue weighted by molar-refractivity contribution is 6.00. The van der Waals surface area contributed by atoms with E-state index in [0.717, 1.165) is 0 Å². The Labute approximate surface area is 164 Å². The van der Waals surface area contributed by atoms with Gasteiger partial charge in [-0.3, -0.25) is 0 Å². The lowest BCUT2D eigenvalue weighted by atomic mass is 10.2. The molecule has 0 heterocycles. The van der Waals surface area contributed by atoms with Crippen LogP contribution in [0.3, 0.4) is 0 Å². The van der Waals surface area contributed by atoms with Crippen molar-refractivity contribution in [1.82, 2.24) is 0 Å². The first-order chi connectivity index (χ1) is 13.2. The van der Waals surface area contributed by atoms with E-state index in [4.69, 9.17) is 19.9 Å². The van der Waals surface area contributed by atoms with Crippen molar-refractivity contribution in [2.45, 2.75) is 26.4 Å². The fourth-order valence-corrected chi connectivity index (χ4v) is 2.23. The van der Waals surface area contributed by atoms with Gasteiger partial charge in [-0.2, -0.15) is 0 Å². The average Bonchev–Trinajstić information content (AvgIpc) is 2.61. The van der Waals surface area contributed by atoms with E-state index in [-0.39, 0.29) is 12.4 Å². The number of amides is 2. The molecule has 8 heteroatoms. The van der Waals surface area contributed by atoms with Crippen molar-refractivity contribution in [2.75, 3.05) is 30.1 Å². The molecule has 0 aliphatic rings. The Bertz CT molecular complexity index is 829. The molecule has 0 unspecified atom stereocenters. The molecule has 0 spiro atoms. The summed E-state index contributed by atoms with van der Waals surface area (Å²) in [4.78, 5) is 24.1. The van der Waals surface area contributed by atoms with E-state index in [0.29, 0.717) is 22.8 Å². The second kappa shape index (κ2) is 8.98. The molecule has 0 radical (unpaired) electrons. The number of ether oxygens (including phenoxy) is 3. The molecule has 0 atom stereocenters. The highest BCUT2D eigenvalue weighted by Gasteiger charge is 2.17. The van der Waals surface area contributed by atoms with Crippen LogP contribution < -0.4 is 25.8 Å². The molecule has 150 valence electrons. The summed E-state index contributed by atoms with van der Waals surface area (Å²) < 4.78 is 15.8. The standard InChI is InChI=1S/C20H25N3O5/c1-20(2,3)28-18(24)12-27-17-11-13(21)5-10-16(17)23-19(25)22-14-6-8-15(26-4)9-7-14/h5-11H,12,21H2,1-4H3,(H2,22,23,25). The van der Waals surface area contributed by atoms with Crippen LogP contribution in [0.2, 0.25) is 0 Å². The Morgan fingerprint density at radius 3 is 2.32 bits per heavy atom. The first-order valence-corrected chi connectivity index (χ1v) is 8.62. The molecule has 28 heavy (non-hydrogen) atoms. The molecular formula is C20H25N3O5. The van der Waals surface area contributed by atoms with Crippen LogP contribution in [-0.4, -0.2) is 31.3 Å². The number of anilines is 3. The molecule has 2 aromatic carbocycles. The third kappa shape index (κ3) is 6.71. The smallest absolute Gasteiger partial charge is 0.344 e. The summed E-state index contributed by atoms with van der Waals surface area (Å²) in [5, 5.41) is 5.37. The summed E-state index contributed by atoms with van der Waals surface area (Å²) in [5.41, 5.74) is 6.55. The van der Waals surface area contributed by atoms with Crippen LogP contribution in [0.15, 0.2) is 42.5 Å². The van der Waals surface area contributed by atoms with Crippen molar-refractivity contribution in [3.05, 3.63) is 42.5 Å². The first kappa shape index (κ1) is 20.9. The summed E-state index contributed by atoms with van der Waals surface area (Å²) >= 11 is 0. The van der Waals surface area contributed by atoms with Crippen LogP contribution in [0.4, 0.5) is 21.9 Å². The maximum Gasteiger partial charge on any atom is 0.344 e. The summed E-state index contributed by atoms with van der Waals surface area (Å²) in [6.07, 6.45) is 0. The topological polar surface area (TPSA) is 112 Å². The lowest BCUT2D eigenvalue weighted by molar-refractivity contribution is -0.157. The monoisotopic (exact) mass is 387 g/mol. The average molecular weight is 387 g/mol. The van der Waals surface area contributed by atoms with E-state index in [9.17, 15) is 9.59 Å². The molecule has 2 amide bonds. The number of hydrogen-bond acceptors (Lipinski definition) is 6. The second-order valence-electron chi connectivity index (χ2n) is 6.94. The number of urea groups is 1. The Hall–Kier alpha value is -3.42. The number of methoxy groups -OCH3 is 1. The summed E-state index contributed by atoms with van der Waals surface area (Å²) in [7, 11) is 1.56. The minimum atomic E-state index is -0.616. The fraction of sp³-hybridized carbons (Fsp3) is 0.300. The maximum atomic E-state index is 12.3. The number of carbonyl (C=O) groups is 2. The van der Waals surface area contributed by atoms with Gasteiger partial charge in [0.1, 0.15) is 17.1 Å². The second-order valence-corrected chi connectivity index (χ2v) is 6.94. The van der Waals surface area contributed by atoms with Gasteiger partial charge in [-0.25, -0.2) is 9.59 Å². The van der Waals surface area contributed by atoms with Crippen molar-refractivity contribution in [2.24, 2.45) is 0 Å². The highest BCUT2D eigenvalue weighted by Crippen LogP contribution is 2.27. The van der Waals surface area contributed by atoms with Gasteiger partial charge in [0.2, 0.25) is 0 Å². The minimum absolute atomic E-state index is 0.260. The van der Waals surface area contributed by atoms with Crippen LogP contribution in [0.1, 0.15) is 20.8 Å². The lowest BCUT2D eigenvalue weighted by Gasteiger charge is -2.20. The maximum absolute atomic E-state index is 12.3. The molecule has 0 fully saturated rings. The van der Waals surface area contributed by atoms with E-state index in [1.165, 1.54) is 6.07 Å². The summed E-state index contributed by atoms with van der Waals surface area (Å²) in [6, 6.07) is 11.1. The normalized spacial score (nSPS) is 10.7. The number of esters is 1. The van der Waals surface area contributed by atoms with Gasteiger partial charge in [0.25, 0.3) is 0 Å². The van der Waals surface area contributed by atoms with Crippen LogP contribution in [0.5, 0.6) is 11.5 Å². The van der Waals surface area contributed by atoms with E-state index in [2.05, 4.69) is 10.6 Å². The van der Waals surface area contributed by atoms with Crippen LogP contribution >= 0.6 is 0 Å². The molecule has 0 bridgehead atoms. The molecule has 8 nitrogen and oxygen atoms in total. The van der Waals surface area contributed by atoms with Gasteiger partial charge in [0.05, 0.1) is 12.8 Å². The zero-order chi connectivity index (χ0) is 20.7. The fourth-order valence-electron chi connectivity index (χ4n) is 2.23. The van der Waals surface area contributed by atoms with Crippen LogP contribution in [0.25, 0.3) is 0 Å².